The van der Waals surface area contributed by atoms with E-state index in [1.807, 2.05) is 0 Å². The Bertz CT molecular complexity index is 406. The van der Waals surface area contributed by atoms with E-state index < -0.39 is 24.5 Å². The smallest absolute Gasteiger partial charge is 0.339 e. The van der Waals surface area contributed by atoms with Gasteiger partial charge in [0.15, 0.2) is 0 Å². The number of aromatic nitrogens is 1. The summed E-state index contributed by atoms with van der Waals surface area (Å²) in [6.07, 6.45) is -2.20. The largest absolute Gasteiger partial charge is 0.471 e. The molecule has 1 aromatic heterocycles. The molecule has 0 saturated heterocycles. The lowest BCUT2D eigenvalue weighted by atomic mass is 10.4. The van der Waals surface area contributed by atoms with Crippen LogP contribution in [0.25, 0.3) is 0 Å². The van der Waals surface area contributed by atoms with Gasteiger partial charge in [-0.25, -0.2) is 0 Å². The van der Waals surface area contributed by atoms with Gasteiger partial charge < -0.3 is 10.6 Å². The Kier molecular flexibility index (Phi) is 4.02. The number of halogens is 3. The fourth-order valence-electron chi connectivity index (χ4n) is 0.903. The average Bonchev–Trinajstić information content (AvgIpc) is 2.26. The van der Waals surface area contributed by atoms with Crippen molar-refractivity contribution in [3.05, 3.63) is 24.5 Å². The lowest BCUT2D eigenvalue weighted by Crippen LogP contribution is -2.41. The van der Waals surface area contributed by atoms with Crippen molar-refractivity contribution in [1.29, 1.82) is 0 Å². The highest BCUT2D eigenvalue weighted by atomic mass is 19.4. The Morgan fingerprint density at radius 2 is 2.06 bits per heavy atom. The van der Waals surface area contributed by atoms with E-state index in [0.29, 0.717) is 5.69 Å². The molecule has 0 aliphatic heterocycles. The van der Waals surface area contributed by atoms with Crippen LogP contribution in [0.15, 0.2) is 24.5 Å². The van der Waals surface area contributed by atoms with E-state index in [-0.39, 0.29) is 0 Å². The van der Waals surface area contributed by atoms with Crippen LogP contribution in [0.5, 0.6) is 0 Å². The summed E-state index contributed by atoms with van der Waals surface area (Å²) in [4.78, 5) is 25.2. The van der Waals surface area contributed by atoms with Crippen molar-refractivity contribution in [3.63, 3.8) is 0 Å². The lowest BCUT2D eigenvalue weighted by Gasteiger charge is -2.08. The molecule has 2 N–H and O–H groups in total. The van der Waals surface area contributed by atoms with Crippen molar-refractivity contribution in [2.75, 3.05) is 11.9 Å². The van der Waals surface area contributed by atoms with E-state index in [0.717, 1.165) is 0 Å². The molecule has 0 spiro atoms. The molecule has 17 heavy (non-hydrogen) atoms. The third-order valence-corrected chi connectivity index (χ3v) is 1.61. The van der Waals surface area contributed by atoms with Crippen LogP contribution in [0.4, 0.5) is 18.9 Å². The molecule has 0 aliphatic carbocycles. The van der Waals surface area contributed by atoms with Gasteiger partial charge in [0.05, 0.1) is 18.4 Å². The van der Waals surface area contributed by atoms with Crippen LogP contribution in [0.1, 0.15) is 0 Å². The van der Waals surface area contributed by atoms with E-state index >= 15 is 0 Å². The highest BCUT2D eigenvalue weighted by molar-refractivity contribution is 5.95. The molecule has 0 fully saturated rings. The topological polar surface area (TPSA) is 71.1 Å². The van der Waals surface area contributed by atoms with Gasteiger partial charge in [0, 0.05) is 6.20 Å². The molecule has 1 aromatic rings. The molecular weight excluding hydrogens is 239 g/mol. The first-order valence-corrected chi connectivity index (χ1v) is 4.44. The Balaban J connectivity index is 2.39. The number of hydrogen-bond donors (Lipinski definition) is 2. The minimum Gasteiger partial charge on any atom is -0.339 e. The Morgan fingerprint density at radius 3 is 2.59 bits per heavy atom. The minimum atomic E-state index is -4.99. The summed E-state index contributed by atoms with van der Waals surface area (Å²) >= 11 is 0. The van der Waals surface area contributed by atoms with Crippen molar-refractivity contribution in [2.45, 2.75) is 6.18 Å². The van der Waals surface area contributed by atoms with E-state index in [1.165, 1.54) is 23.8 Å². The zero-order chi connectivity index (χ0) is 12.9. The number of rotatable bonds is 3. The Hall–Kier alpha value is -2.12. The van der Waals surface area contributed by atoms with E-state index in [1.54, 1.807) is 6.07 Å². The van der Waals surface area contributed by atoms with Gasteiger partial charge >= 0.3 is 12.1 Å². The molecule has 92 valence electrons. The fraction of sp³-hybridized carbons (Fsp3) is 0.222. The Labute approximate surface area is 94.0 Å². The molecular formula is C9H8F3N3O2. The third kappa shape index (κ3) is 4.49. The summed E-state index contributed by atoms with van der Waals surface area (Å²) in [5.74, 6) is -2.92. The molecule has 2 amide bonds. The van der Waals surface area contributed by atoms with Crippen LogP contribution in [-0.4, -0.2) is 29.5 Å². The van der Waals surface area contributed by atoms with E-state index in [4.69, 9.17) is 0 Å². The standard InChI is InChI=1S/C9H8F3N3O2/c10-9(11,12)8(17)14-5-7(16)15-6-2-1-3-13-4-6/h1-4H,5H2,(H,14,17)(H,15,16). The van der Waals surface area contributed by atoms with Crippen molar-refractivity contribution in [3.8, 4) is 0 Å². The average molecular weight is 247 g/mol. The molecule has 0 radical (unpaired) electrons. The molecule has 0 saturated carbocycles. The number of alkyl halides is 3. The van der Waals surface area contributed by atoms with Crippen LogP contribution in [0, 0.1) is 0 Å². The van der Waals surface area contributed by atoms with Crippen molar-refractivity contribution < 1.29 is 22.8 Å². The van der Waals surface area contributed by atoms with Crippen LogP contribution < -0.4 is 10.6 Å². The second-order valence-corrected chi connectivity index (χ2v) is 2.97. The predicted octanol–water partition coefficient (Wildman–Crippen LogP) is 0.699. The molecule has 1 heterocycles. The number of carbonyl (C=O) groups excluding carboxylic acids is 2. The molecule has 0 bridgehead atoms. The van der Waals surface area contributed by atoms with Crippen molar-refractivity contribution in [1.82, 2.24) is 10.3 Å². The predicted molar refractivity (Wildman–Crippen MR) is 51.9 cm³/mol. The number of nitrogens with one attached hydrogen (secondary N) is 2. The first-order chi connectivity index (χ1) is 7.89. The zero-order valence-corrected chi connectivity index (χ0v) is 8.41. The van der Waals surface area contributed by atoms with Gasteiger partial charge in [0.2, 0.25) is 5.91 Å². The normalized spacial score (nSPS) is 10.8. The highest BCUT2D eigenvalue weighted by Gasteiger charge is 2.38. The summed E-state index contributed by atoms with van der Waals surface area (Å²) in [6.45, 7) is -0.757. The van der Waals surface area contributed by atoms with Crippen LogP contribution in [0.3, 0.4) is 0 Å². The third-order valence-electron chi connectivity index (χ3n) is 1.61. The summed E-state index contributed by atoms with van der Waals surface area (Å²) in [6, 6.07) is 3.06. The molecule has 0 unspecified atom stereocenters. The van der Waals surface area contributed by atoms with Gasteiger partial charge in [0.25, 0.3) is 0 Å². The highest BCUT2D eigenvalue weighted by Crippen LogP contribution is 2.13. The number of amides is 2. The summed E-state index contributed by atoms with van der Waals surface area (Å²) in [7, 11) is 0. The van der Waals surface area contributed by atoms with Crippen LogP contribution >= 0.6 is 0 Å². The van der Waals surface area contributed by atoms with Crippen LogP contribution in [-0.2, 0) is 9.59 Å². The van der Waals surface area contributed by atoms with Gasteiger partial charge in [-0.15, -0.1) is 0 Å². The number of nitrogens with zero attached hydrogens (tertiary/aromatic N) is 1. The maximum Gasteiger partial charge on any atom is 0.471 e. The number of anilines is 1. The zero-order valence-electron chi connectivity index (χ0n) is 8.41. The van der Waals surface area contributed by atoms with Gasteiger partial charge in [-0.2, -0.15) is 13.2 Å². The maximum absolute atomic E-state index is 11.8. The molecule has 8 heteroatoms. The molecule has 5 nitrogen and oxygen atoms in total. The number of carbonyl (C=O) groups is 2. The fourth-order valence-corrected chi connectivity index (χ4v) is 0.903. The lowest BCUT2D eigenvalue weighted by molar-refractivity contribution is -0.173. The monoisotopic (exact) mass is 247 g/mol. The summed E-state index contributed by atoms with van der Waals surface area (Å²) in [5, 5.41) is 3.71. The van der Waals surface area contributed by atoms with Gasteiger partial charge in [-0.05, 0) is 12.1 Å². The molecule has 1 rings (SSSR count). The van der Waals surface area contributed by atoms with E-state index in [2.05, 4.69) is 10.3 Å². The first kappa shape index (κ1) is 12.9. The maximum atomic E-state index is 11.8. The number of hydrogen-bond acceptors (Lipinski definition) is 3. The van der Waals surface area contributed by atoms with Gasteiger partial charge in [0.1, 0.15) is 0 Å². The molecule has 0 aliphatic rings. The second-order valence-electron chi connectivity index (χ2n) is 2.97. The summed E-state index contributed by atoms with van der Waals surface area (Å²) < 4.78 is 35.3. The SMILES string of the molecule is O=C(CNC(=O)C(F)(F)F)Nc1cccnc1. The van der Waals surface area contributed by atoms with E-state index in [9.17, 15) is 22.8 Å². The van der Waals surface area contributed by atoms with Gasteiger partial charge in [-0.3, -0.25) is 14.6 Å². The number of pyridine rings is 1. The first-order valence-electron chi connectivity index (χ1n) is 4.44. The van der Waals surface area contributed by atoms with Crippen LogP contribution in [0.2, 0.25) is 0 Å². The summed E-state index contributed by atoms with van der Waals surface area (Å²) in [5.41, 5.74) is 0.332. The second kappa shape index (κ2) is 5.28. The molecule has 0 aromatic carbocycles. The molecule has 0 atom stereocenters. The van der Waals surface area contributed by atoms with Gasteiger partial charge in [-0.1, -0.05) is 0 Å². The minimum absolute atomic E-state index is 0.332. The van der Waals surface area contributed by atoms with Crippen molar-refractivity contribution >= 4 is 17.5 Å². The quantitative estimate of drug-likeness (QED) is 0.825. The van der Waals surface area contributed by atoms with Crippen molar-refractivity contribution in [2.24, 2.45) is 0 Å². The Morgan fingerprint density at radius 1 is 1.35 bits per heavy atom.